The number of fused-ring (bicyclic) bond motifs is 1. The van der Waals surface area contributed by atoms with E-state index in [4.69, 9.17) is 15.6 Å². The van der Waals surface area contributed by atoms with Crippen LogP contribution >= 0.6 is 0 Å². The van der Waals surface area contributed by atoms with Gasteiger partial charge in [-0.3, -0.25) is 14.4 Å². The molecule has 0 radical (unpaired) electrons. The minimum absolute atomic E-state index is 0.0202. The van der Waals surface area contributed by atoms with Crippen LogP contribution in [-0.4, -0.2) is 48.1 Å². The van der Waals surface area contributed by atoms with Crippen LogP contribution in [0.15, 0.2) is 96.2 Å². The lowest BCUT2D eigenvalue weighted by Crippen LogP contribution is -2.48. The molecule has 2 atom stereocenters. The SMILES string of the molecule is COc1ccc(C2=NN(C3C=CC=CC=C3)C(=O)[C@@H]3CC=CC[C@H]23)cc1-c1ccc(C(=O)NCC(N)=O)cc1. The molecule has 0 spiro atoms. The van der Waals surface area contributed by atoms with Crippen molar-refractivity contribution in [2.75, 3.05) is 13.7 Å². The second-order valence-electron chi connectivity index (χ2n) is 9.61. The fourth-order valence-corrected chi connectivity index (χ4v) is 5.16. The Morgan fingerprint density at radius 1 is 0.974 bits per heavy atom. The standard InChI is InChI=1S/C31H30N4O4/c1-39-27-17-16-22(18-26(27)20-12-14-21(15-13-20)30(37)33-19-28(32)36)29-24-10-6-7-11-25(24)31(38)35(34-29)23-8-4-2-3-5-9-23/h2-9,12-18,23-25H,10-11,19H2,1H3,(H2,32,36)(H,33,37)/t24-,25+/m0/s1. The van der Waals surface area contributed by atoms with Crippen LogP contribution in [0.1, 0.15) is 28.8 Å². The molecule has 198 valence electrons. The number of primary amides is 1. The topological polar surface area (TPSA) is 114 Å². The summed E-state index contributed by atoms with van der Waals surface area (Å²) < 4.78 is 5.67. The number of allylic oxidation sites excluding steroid dienone is 6. The van der Waals surface area contributed by atoms with E-state index in [0.717, 1.165) is 28.8 Å². The van der Waals surface area contributed by atoms with Crippen molar-refractivity contribution >= 4 is 23.4 Å². The van der Waals surface area contributed by atoms with Crippen LogP contribution < -0.4 is 15.8 Å². The Morgan fingerprint density at radius 3 is 2.31 bits per heavy atom. The maximum atomic E-state index is 13.5. The van der Waals surface area contributed by atoms with Crippen LogP contribution in [0, 0.1) is 11.8 Å². The van der Waals surface area contributed by atoms with Gasteiger partial charge in [-0.1, -0.05) is 60.7 Å². The Morgan fingerprint density at radius 2 is 1.64 bits per heavy atom. The summed E-state index contributed by atoms with van der Waals surface area (Å²) in [4.78, 5) is 36.8. The number of carbonyl (C=O) groups is 3. The van der Waals surface area contributed by atoms with Crippen LogP contribution in [0.2, 0.25) is 0 Å². The van der Waals surface area contributed by atoms with E-state index in [1.54, 1.807) is 24.3 Å². The Bertz CT molecular complexity index is 1420. The van der Waals surface area contributed by atoms with Crippen molar-refractivity contribution in [1.82, 2.24) is 10.3 Å². The van der Waals surface area contributed by atoms with E-state index in [9.17, 15) is 14.4 Å². The van der Waals surface area contributed by atoms with Gasteiger partial charge in [-0.15, -0.1) is 0 Å². The molecule has 0 aromatic heterocycles. The summed E-state index contributed by atoms with van der Waals surface area (Å²) in [6, 6.07) is 12.7. The average molecular weight is 523 g/mol. The van der Waals surface area contributed by atoms with Gasteiger partial charge in [0, 0.05) is 17.0 Å². The number of hydrogen-bond acceptors (Lipinski definition) is 5. The highest BCUT2D eigenvalue weighted by atomic mass is 16.5. The molecule has 0 saturated carbocycles. The van der Waals surface area contributed by atoms with Gasteiger partial charge in [0.2, 0.25) is 11.8 Å². The maximum absolute atomic E-state index is 13.5. The van der Waals surface area contributed by atoms with Crippen molar-refractivity contribution in [3.05, 3.63) is 102 Å². The molecule has 5 rings (SSSR count). The molecule has 0 fully saturated rings. The number of benzene rings is 2. The van der Waals surface area contributed by atoms with Gasteiger partial charge in [-0.25, -0.2) is 5.01 Å². The molecule has 0 saturated heterocycles. The number of ether oxygens (including phenoxy) is 1. The van der Waals surface area contributed by atoms with Crippen LogP contribution in [0.4, 0.5) is 0 Å². The minimum atomic E-state index is -0.606. The van der Waals surface area contributed by atoms with Gasteiger partial charge in [0.25, 0.3) is 5.91 Å². The molecule has 8 nitrogen and oxygen atoms in total. The van der Waals surface area contributed by atoms with Crippen LogP contribution in [0.25, 0.3) is 11.1 Å². The molecular formula is C31H30N4O4. The maximum Gasteiger partial charge on any atom is 0.251 e. The van der Waals surface area contributed by atoms with Gasteiger partial charge in [-0.2, -0.15) is 5.10 Å². The summed E-state index contributed by atoms with van der Waals surface area (Å²) >= 11 is 0. The fourth-order valence-electron chi connectivity index (χ4n) is 5.16. The highest BCUT2D eigenvalue weighted by molar-refractivity contribution is 6.08. The van der Waals surface area contributed by atoms with E-state index < -0.39 is 5.91 Å². The zero-order valence-electron chi connectivity index (χ0n) is 21.6. The lowest BCUT2D eigenvalue weighted by Gasteiger charge is -2.38. The lowest BCUT2D eigenvalue weighted by molar-refractivity contribution is -0.138. The number of hydrogen-bond donors (Lipinski definition) is 2. The van der Waals surface area contributed by atoms with Crippen molar-refractivity contribution in [2.24, 2.45) is 22.7 Å². The minimum Gasteiger partial charge on any atom is -0.496 e. The predicted molar refractivity (Wildman–Crippen MR) is 150 cm³/mol. The van der Waals surface area contributed by atoms with E-state index in [-0.39, 0.29) is 36.2 Å². The third kappa shape index (κ3) is 5.45. The summed E-state index contributed by atoms with van der Waals surface area (Å²) in [6.45, 7) is -0.224. The van der Waals surface area contributed by atoms with Gasteiger partial charge in [0.05, 0.1) is 31.3 Å². The molecule has 3 N–H and O–H groups in total. The van der Waals surface area contributed by atoms with Gasteiger partial charge < -0.3 is 15.8 Å². The van der Waals surface area contributed by atoms with Crippen molar-refractivity contribution < 1.29 is 19.1 Å². The van der Waals surface area contributed by atoms with Gasteiger partial charge >= 0.3 is 0 Å². The van der Waals surface area contributed by atoms with Crippen molar-refractivity contribution in [2.45, 2.75) is 18.9 Å². The smallest absolute Gasteiger partial charge is 0.251 e. The molecule has 2 aromatic rings. The Kier molecular flexibility index (Phi) is 7.54. The third-order valence-electron chi connectivity index (χ3n) is 7.15. The number of nitrogens with one attached hydrogen (secondary N) is 1. The number of nitrogens with two attached hydrogens (primary N) is 1. The Hall–Kier alpha value is -4.72. The van der Waals surface area contributed by atoms with E-state index >= 15 is 0 Å². The summed E-state index contributed by atoms with van der Waals surface area (Å²) in [5.74, 6) is -0.470. The van der Waals surface area contributed by atoms with Gasteiger partial charge in [0.15, 0.2) is 0 Å². The molecule has 3 aliphatic rings. The van der Waals surface area contributed by atoms with Crippen molar-refractivity contribution in [1.29, 1.82) is 0 Å². The highest BCUT2D eigenvalue weighted by Gasteiger charge is 2.41. The fraction of sp³-hybridized carbons (Fsp3) is 0.226. The first-order chi connectivity index (χ1) is 19.0. The van der Waals surface area contributed by atoms with Crippen LogP contribution in [-0.2, 0) is 9.59 Å². The largest absolute Gasteiger partial charge is 0.496 e. The third-order valence-corrected chi connectivity index (χ3v) is 7.15. The van der Waals surface area contributed by atoms with E-state index in [1.807, 2.05) is 66.8 Å². The molecule has 2 aliphatic carbocycles. The number of methoxy groups -OCH3 is 1. The first-order valence-corrected chi connectivity index (χ1v) is 12.9. The Labute approximate surface area is 227 Å². The second kappa shape index (κ2) is 11.3. The summed E-state index contributed by atoms with van der Waals surface area (Å²) in [5, 5.41) is 9.05. The van der Waals surface area contributed by atoms with Crippen LogP contribution in [0.5, 0.6) is 5.75 Å². The first-order valence-electron chi connectivity index (χ1n) is 12.9. The van der Waals surface area contributed by atoms with E-state index in [0.29, 0.717) is 17.7 Å². The van der Waals surface area contributed by atoms with E-state index in [2.05, 4.69) is 17.5 Å². The quantitative estimate of drug-likeness (QED) is 0.539. The molecule has 8 heteroatoms. The summed E-state index contributed by atoms with van der Waals surface area (Å²) in [6.07, 6.45) is 17.3. The number of amides is 3. The van der Waals surface area contributed by atoms with Crippen molar-refractivity contribution in [3.8, 4) is 16.9 Å². The monoisotopic (exact) mass is 522 g/mol. The molecule has 0 bridgehead atoms. The molecule has 2 aromatic carbocycles. The summed E-state index contributed by atoms with van der Waals surface area (Å²) in [7, 11) is 1.61. The first kappa shape index (κ1) is 25.9. The number of rotatable bonds is 7. The number of hydrazone groups is 1. The number of carbonyl (C=O) groups excluding carboxylic acids is 3. The second-order valence-corrected chi connectivity index (χ2v) is 9.61. The van der Waals surface area contributed by atoms with Crippen LogP contribution in [0.3, 0.4) is 0 Å². The molecular weight excluding hydrogens is 492 g/mol. The highest BCUT2D eigenvalue weighted by Crippen LogP contribution is 2.38. The average Bonchev–Trinajstić information content (AvgIpc) is 3.26. The zero-order valence-corrected chi connectivity index (χ0v) is 21.6. The molecule has 0 unspecified atom stereocenters. The lowest BCUT2D eigenvalue weighted by atomic mass is 9.76. The van der Waals surface area contributed by atoms with Gasteiger partial charge in [-0.05, 0) is 54.3 Å². The molecule has 1 heterocycles. The zero-order chi connectivity index (χ0) is 27.4. The summed E-state index contributed by atoms with van der Waals surface area (Å²) in [5.41, 5.74) is 9.01. The van der Waals surface area contributed by atoms with Gasteiger partial charge in [0.1, 0.15) is 5.75 Å². The normalized spacial score (nSPS) is 20.3. The molecule has 3 amide bonds. The predicted octanol–water partition coefficient (Wildman–Crippen LogP) is 3.76. The number of nitrogens with zero attached hydrogens (tertiary/aromatic N) is 2. The van der Waals surface area contributed by atoms with E-state index in [1.165, 1.54) is 0 Å². The molecule has 39 heavy (non-hydrogen) atoms. The Balaban J connectivity index is 1.52. The van der Waals surface area contributed by atoms with Crippen molar-refractivity contribution in [3.63, 3.8) is 0 Å². The molecule has 1 aliphatic heterocycles.